The molecule has 2 aromatic rings. The van der Waals surface area contributed by atoms with E-state index in [0.29, 0.717) is 5.56 Å². The fraction of sp³-hybridized carbons (Fsp3) is 0.0714. The number of non-ortho nitro benzene ring substituents is 1. The molecule has 0 unspecified atom stereocenters. The molecule has 0 saturated heterocycles. The normalized spacial score (nSPS) is 11.6. The molecule has 2 aromatic carbocycles. The van der Waals surface area contributed by atoms with Crippen molar-refractivity contribution < 1.29 is 9.72 Å². The van der Waals surface area contributed by atoms with E-state index in [4.69, 9.17) is 5.73 Å². The first-order valence-electron chi connectivity index (χ1n) is 5.93. The maximum Gasteiger partial charge on any atom is 0.312 e. The van der Waals surface area contributed by atoms with E-state index in [9.17, 15) is 14.9 Å². The summed E-state index contributed by atoms with van der Waals surface area (Å²) in [5, 5.41) is 13.4. The minimum absolute atomic E-state index is 0.0327. The second-order valence-corrected chi connectivity index (χ2v) is 4.20. The van der Waals surface area contributed by atoms with Gasteiger partial charge >= 0.3 is 6.03 Å². The highest BCUT2D eigenvalue weighted by molar-refractivity contribution is 5.73. The third-order valence-electron chi connectivity index (χ3n) is 2.83. The summed E-state index contributed by atoms with van der Waals surface area (Å²) in [6.07, 6.45) is 0. The highest BCUT2D eigenvalue weighted by atomic mass is 16.6. The van der Waals surface area contributed by atoms with Crippen LogP contribution in [-0.4, -0.2) is 11.0 Å². The number of amides is 2. The quantitative estimate of drug-likeness (QED) is 0.659. The number of carbonyl (C=O) groups is 1. The van der Waals surface area contributed by atoms with E-state index >= 15 is 0 Å². The fourth-order valence-electron chi connectivity index (χ4n) is 1.96. The Morgan fingerprint density at radius 2 is 1.75 bits per heavy atom. The number of nitro groups is 1. The topological polar surface area (TPSA) is 98.3 Å². The van der Waals surface area contributed by atoms with Crippen LogP contribution in [0.4, 0.5) is 10.5 Å². The summed E-state index contributed by atoms with van der Waals surface area (Å²) in [5.41, 5.74) is 6.55. The third-order valence-corrected chi connectivity index (χ3v) is 2.83. The molecule has 0 aliphatic heterocycles. The number of hydrogen-bond donors (Lipinski definition) is 2. The van der Waals surface area contributed by atoms with Crippen molar-refractivity contribution in [2.75, 3.05) is 0 Å². The average Bonchev–Trinajstić information content (AvgIpc) is 2.45. The second-order valence-electron chi connectivity index (χ2n) is 4.20. The summed E-state index contributed by atoms with van der Waals surface area (Å²) >= 11 is 0. The predicted molar refractivity (Wildman–Crippen MR) is 74.1 cm³/mol. The monoisotopic (exact) mass is 271 g/mol. The van der Waals surface area contributed by atoms with Crippen molar-refractivity contribution in [1.82, 2.24) is 5.32 Å². The maximum absolute atomic E-state index is 11.2. The molecule has 0 heterocycles. The molecular formula is C14H13N3O3. The van der Waals surface area contributed by atoms with Crippen LogP contribution in [0.15, 0.2) is 54.6 Å². The van der Waals surface area contributed by atoms with Gasteiger partial charge in [0.25, 0.3) is 5.69 Å². The highest BCUT2D eigenvalue weighted by Gasteiger charge is 2.17. The van der Waals surface area contributed by atoms with Gasteiger partial charge in [-0.1, -0.05) is 42.5 Å². The van der Waals surface area contributed by atoms with Gasteiger partial charge in [0.15, 0.2) is 0 Å². The van der Waals surface area contributed by atoms with Crippen LogP contribution in [0.3, 0.4) is 0 Å². The van der Waals surface area contributed by atoms with Crippen molar-refractivity contribution in [2.24, 2.45) is 5.73 Å². The van der Waals surface area contributed by atoms with Gasteiger partial charge in [0.2, 0.25) is 0 Å². The number of carbonyl (C=O) groups excluding carboxylic acids is 1. The molecule has 0 saturated carbocycles. The Balaban J connectivity index is 2.44. The number of nitrogens with two attached hydrogens (primary N) is 1. The van der Waals surface area contributed by atoms with Crippen molar-refractivity contribution in [2.45, 2.75) is 6.04 Å². The molecule has 0 radical (unpaired) electrons. The van der Waals surface area contributed by atoms with E-state index in [0.717, 1.165) is 5.56 Å². The lowest BCUT2D eigenvalue weighted by Gasteiger charge is -2.18. The minimum Gasteiger partial charge on any atom is -0.352 e. The molecule has 0 bridgehead atoms. The summed E-state index contributed by atoms with van der Waals surface area (Å²) in [5.74, 6) is 0. The Bertz CT molecular complexity index is 629. The van der Waals surface area contributed by atoms with Crippen molar-refractivity contribution in [1.29, 1.82) is 0 Å². The van der Waals surface area contributed by atoms with Crippen LogP contribution in [0.5, 0.6) is 0 Å². The summed E-state index contributed by atoms with van der Waals surface area (Å²) in [6, 6.07) is 14.0. The van der Waals surface area contributed by atoms with Crippen LogP contribution >= 0.6 is 0 Å². The zero-order valence-corrected chi connectivity index (χ0v) is 10.5. The zero-order chi connectivity index (χ0) is 14.5. The summed E-state index contributed by atoms with van der Waals surface area (Å²) in [6.45, 7) is 0. The van der Waals surface area contributed by atoms with Crippen molar-refractivity contribution in [3.05, 3.63) is 75.8 Å². The number of rotatable bonds is 4. The van der Waals surface area contributed by atoms with Crippen LogP contribution in [-0.2, 0) is 0 Å². The summed E-state index contributed by atoms with van der Waals surface area (Å²) in [4.78, 5) is 21.5. The van der Waals surface area contributed by atoms with E-state index in [1.54, 1.807) is 12.1 Å². The third kappa shape index (κ3) is 3.11. The number of nitrogens with zero attached hydrogens (tertiary/aromatic N) is 1. The fourth-order valence-corrected chi connectivity index (χ4v) is 1.96. The Labute approximate surface area is 115 Å². The van der Waals surface area contributed by atoms with E-state index in [2.05, 4.69) is 5.32 Å². The Kier molecular flexibility index (Phi) is 3.95. The number of hydrogen-bond acceptors (Lipinski definition) is 3. The molecule has 6 heteroatoms. The molecule has 2 rings (SSSR count). The number of urea groups is 1. The number of nitro benzene ring substituents is 1. The molecule has 0 aliphatic rings. The molecule has 102 valence electrons. The first-order valence-corrected chi connectivity index (χ1v) is 5.93. The van der Waals surface area contributed by atoms with Gasteiger partial charge in [0.1, 0.15) is 0 Å². The molecule has 20 heavy (non-hydrogen) atoms. The highest BCUT2D eigenvalue weighted by Crippen LogP contribution is 2.25. The molecular weight excluding hydrogens is 258 g/mol. The maximum atomic E-state index is 11.2. The van der Waals surface area contributed by atoms with Gasteiger partial charge in [-0.2, -0.15) is 0 Å². The van der Waals surface area contributed by atoms with E-state index in [1.165, 1.54) is 12.1 Å². The molecule has 1 atom stereocenters. The van der Waals surface area contributed by atoms with Gasteiger partial charge in [-0.3, -0.25) is 10.1 Å². The van der Waals surface area contributed by atoms with Crippen molar-refractivity contribution in [3.8, 4) is 0 Å². The van der Waals surface area contributed by atoms with Gasteiger partial charge in [-0.05, 0) is 11.1 Å². The minimum atomic E-state index is -0.689. The largest absolute Gasteiger partial charge is 0.352 e. The van der Waals surface area contributed by atoms with Crippen LogP contribution in [0, 0.1) is 10.1 Å². The summed E-state index contributed by atoms with van der Waals surface area (Å²) in [7, 11) is 0. The van der Waals surface area contributed by atoms with Gasteiger partial charge in [-0.25, -0.2) is 4.79 Å². The number of benzene rings is 2. The van der Waals surface area contributed by atoms with Crippen LogP contribution in [0.2, 0.25) is 0 Å². The number of nitrogens with one attached hydrogen (secondary N) is 1. The van der Waals surface area contributed by atoms with Crippen molar-refractivity contribution >= 4 is 11.7 Å². The lowest BCUT2D eigenvalue weighted by Crippen LogP contribution is -2.33. The Morgan fingerprint density at radius 3 is 2.35 bits per heavy atom. The van der Waals surface area contributed by atoms with Gasteiger partial charge in [-0.15, -0.1) is 0 Å². The van der Waals surface area contributed by atoms with Gasteiger partial charge in [0.05, 0.1) is 11.0 Å². The molecule has 2 amide bonds. The van der Waals surface area contributed by atoms with E-state index in [1.807, 2.05) is 30.3 Å². The molecule has 0 aromatic heterocycles. The molecule has 0 aliphatic carbocycles. The summed E-state index contributed by atoms with van der Waals surface area (Å²) < 4.78 is 0. The number of primary amides is 1. The van der Waals surface area contributed by atoms with Gasteiger partial charge < -0.3 is 11.1 Å². The van der Waals surface area contributed by atoms with Crippen LogP contribution in [0.1, 0.15) is 17.2 Å². The van der Waals surface area contributed by atoms with Crippen LogP contribution < -0.4 is 11.1 Å². The molecule has 3 N–H and O–H groups in total. The van der Waals surface area contributed by atoms with Crippen molar-refractivity contribution in [3.63, 3.8) is 0 Å². The SMILES string of the molecule is NC(=O)N[C@@H](c1ccccc1)c1cccc([N+](=O)[O-])c1. The average molecular weight is 271 g/mol. The Hall–Kier alpha value is -2.89. The Morgan fingerprint density at radius 1 is 1.10 bits per heavy atom. The molecule has 0 fully saturated rings. The van der Waals surface area contributed by atoms with E-state index in [-0.39, 0.29) is 5.69 Å². The smallest absolute Gasteiger partial charge is 0.312 e. The van der Waals surface area contributed by atoms with Gasteiger partial charge in [0, 0.05) is 12.1 Å². The standard InChI is InChI=1S/C14H13N3O3/c15-14(18)16-13(10-5-2-1-3-6-10)11-7-4-8-12(9-11)17(19)20/h1-9,13H,(H3,15,16,18)/t13-/m0/s1. The first-order chi connectivity index (χ1) is 9.58. The predicted octanol–water partition coefficient (Wildman–Crippen LogP) is 2.35. The first kappa shape index (κ1) is 13.5. The lowest BCUT2D eigenvalue weighted by atomic mass is 9.98. The second kappa shape index (κ2) is 5.83. The van der Waals surface area contributed by atoms with Crippen LogP contribution in [0.25, 0.3) is 0 Å². The molecule has 0 spiro atoms. The zero-order valence-electron chi connectivity index (χ0n) is 10.5. The molecule has 6 nitrogen and oxygen atoms in total. The lowest BCUT2D eigenvalue weighted by molar-refractivity contribution is -0.384. The van der Waals surface area contributed by atoms with E-state index < -0.39 is 17.0 Å².